The van der Waals surface area contributed by atoms with Gasteiger partial charge in [-0.2, -0.15) is 0 Å². The van der Waals surface area contributed by atoms with Gasteiger partial charge in [-0.15, -0.1) is 0 Å². The van der Waals surface area contributed by atoms with Gasteiger partial charge in [-0.1, -0.05) is 56.7 Å². The maximum Gasteiger partial charge on any atom is 0.0291 e. The van der Waals surface area contributed by atoms with Crippen molar-refractivity contribution in [2.24, 2.45) is 0 Å². The van der Waals surface area contributed by atoms with E-state index in [1.165, 1.54) is 43.2 Å². The van der Waals surface area contributed by atoms with Gasteiger partial charge in [0.1, 0.15) is 0 Å². The van der Waals surface area contributed by atoms with Crippen LogP contribution in [-0.2, 0) is 5.41 Å². The smallest absolute Gasteiger partial charge is 0.0291 e. The van der Waals surface area contributed by atoms with E-state index in [-0.39, 0.29) is 5.41 Å². The molecule has 1 N–H and O–H groups in total. The molecule has 0 heterocycles. The normalized spacial score (nSPS) is 17.4. The maximum absolute atomic E-state index is 3.66. The molecule has 1 aliphatic carbocycles. The van der Waals surface area contributed by atoms with E-state index in [1.54, 1.807) is 5.57 Å². The van der Waals surface area contributed by atoms with Gasteiger partial charge >= 0.3 is 0 Å². The molecular formula is C20H31N. The van der Waals surface area contributed by atoms with E-state index >= 15 is 0 Å². The first-order valence-corrected chi connectivity index (χ1v) is 8.48. The molecule has 1 aromatic carbocycles. The molecule has 2 rings (SSSR count). The predicted molar refractivity (Wildman–Crippen MR) is 92.7 cm³/mol. The van der Waals surface area contributed by atoms with E-state index in [0.29, 0.717) is 6.04 Å². The van der Waals surface area contributed by atoms with Crippen molar-refractivity contribution in [1.82, 2.24) is 5.32 Å². The summed E-state index contributed by atoms with van der Waals surface area (Å²) in [7, 11) is 0. The molecule has 0 saturated carbocycles. The van der Waals surface area contributed by atoms with Crippen molar-refractivity contribution >= 4 is 0 Å². The van der Waals surface area contributed by atoms with Gasteiger partial charge in [0.15, 0.2) is 0 Å². The minimum absolute atomic E-state index is 0.239. The molecule has 0 bridgehead atoms. The fourth-order valence-corrected chi connectivity index (χ4v) is 2.97. The lowest BCUT2D eigenvalue weighted by molar-refractivity contribution is 0.560. The molecule has 1 nitrogen and oxygen atoms in total. The zero-order valence-corrected chi connectivity index (χ0v) is 14.2. The Labute approximate surface area is 130 Å². The molecule has 0 fully saturated rings. The monoisotopic (exact) mass is 285 g/mol. The summed E-state index contributed by atoms with van der Waals surface area (Å²) in [6.45, 7) is 10.2. The maximum atomic E-state index is 3.66. The van der Waals surface area contributed by atoms with Crippen LogP contribution in [0.15, 0.2) is 35.9 Å². The summed E-state index contributed by atoms with van der Waals surface area (Å²) >= 11 is 0. The van der Waals surface area contributed by atoms with Crippen LogP contribution in [0.4, 0.5) is 0 Å². The molecule has 1 aromatic rings. The zero-order valence-electron chi connectivity index (χ0n) is 14.2. The Bertz CT molecular complexity index is 462. The average molecular weight is 285 g/mol. The van der Waals surface area contributed by atoms with Crippen LogP contribution in [0.5, 0.6) is 0 Å². The molecule has 21 heavy (non-hydrogen) atoms. The Morgan fingerprint density at radius 1 is 1.10 bits per heavy atom. The van der Waals surface area contributed by atoms with Gasteiger partial charge in [-0.05, 0) is 62.1 Å². The number of benzene rings is 1. The quantitative estimate of drug-likeness (QED) is 0.702. The van der Waals surface area contributed by atoms with Crippen molar-refractivity contribution in [2.75, 3.05) is 6.54 Å². The Kier molecular flexibility index (Phi) is 5.64. The van der Waals surface area contributed by atoms with Crippen LogP contribution in [0.25, 0.3) is 0 Å². The first-order chi connectivity index (χ1) is 9.97. The molecule has 0 spiro atoms. The molecule has 116 valence electrons. The lowest BCUT2D eigenvalue weighted by atomic mass is 9.86. The Hall–Kier alpha value is -1.08. The van der Waals surface area contributed by atoms with Crippen LogP contribution in [0.1, 0.15) is 77.0 Å². The van der Waals surface area contributed by atoms with Gasteiger partial charge in [0, 0.05) is 6.04 Å². The molecule has 0 aliphatic heterocycles. The van der Waals surface area contributed by atoms with Crippen LogP contribution >= 0.6 is 0 Å². The summed E-state index contributed by atoms with van der Waals surface area (Å²) in [6.07, 6.45) is 9.04. The van der Waals surface area contributed by atoms with Crippen LogP contribution in [0.3, 0.4) is 0 Å². The fraction of sp³-hybridized carbons (Fsp3) is 0.600. The van der Waals surface area contributed by atoms with E-state index in [4.69, 9.17) is 0 Å². The standard InChI is InChI=1S/C20H31N/c1-16(21-15-14-17-8-6-5-7-9-17)18-10-12-19(13-11-18)20(2,3)4/h8,10-13,16,21H,5-7,9,14-15H2,1-4H3. The topological polar surface area (TPSA) is 12.0 Å². The molecule has 1 atom stereocenters. The van der Waals surface area contributed by atoms with E-state index in [0.717, 1.165) is 6.54 Å². The second kappa shape index (κ2) is 7.26. The van der Waals surface area contributed by atoms with Crippen molar-refractivity contribution in [3.8, 4) is 0 Å². The summed E-state index contributed by atoms with van der Waals surface area (Å²) in [6, 6.07) is 9.54. The van der Waals surface area contributed by atoms with E-state index < -0.39 is 0 Å². The van der Waals surface area contributed by atoms with E-state index in [1.807, 2.05) is 0 Å². The molecule has 1 heteroatoms. The highest BCUT2D eigenvalue weighted by molar-refractivity contribution is 5.29. The SMILES string of the molecule is CC(NCCC1=CCCCC1)c1ccc(C(C)(C)C)cc1. The molecule has 0 radical (unpaired) electrons. The highest BCUT2D eigenvalue weighted by Gasteiger charge is 2.14. The van der Waals surface area contributed by atoms with Crippen LogP contribution in [0.2, 0.25) is 0 Å². The van der Waals surface area contributed by atoms with Crippen molar-refractivity contribution < 1.29 is 0 Å². The third-order valence-electron chi connectivity index (χ3n) is 4.56. The second-order valence-corrected chi connectivity index (χ2v) is 7.41. The molecule has 1 unspecified atom stereocenters. The van der Waals surface area contributed by atoms with Crippen molar-refractivity contribution in [2.45, 2.75) is 71.3 Å². The molecule has 0 amide bonds. The van der Waals surface area contributed by atoms with Crippen LogP contribution in [-0.4, -0.2) is 6.54 Å². The first-order valence-electron chi connectivity index (χ1n) is 8.48. The Morgan fingerprint density at radius 3 is 2.38 bits per heavy atom. The highest BCUT2D eigenvalue weighted by atomic mass is 14.9. The lowest BCUT2D eigenvalue weighted by Crippen LogP contribution is -2.20. The number of allylic oxidation sites excluding steroid dienone is 1. The second-order valence-electron chi connectivity index (χ2n) is 7.41. The number of hydrogen-bond donors (Lipinski definition) is 1. The predicted octanol–water partition coefficient (Wildman–Crippen LogP) is 5.53. The molecule has 0 saturated heterocycles. The minimum Gasteiger partial charge on any atom is -0.310 e. The zero-order chi connectivity index (χ0) is 15.3. The summed E-state index contributed by atoms with van der Waals surface area (Å²) < 4.78 is 0. The Morgan fingerprint density at radius 2 is 1.81 bits per heavy atom. The van der Waals surface area contributed by atoms with Crippen molar-refractivity contribution in [1.29, 1.82) is 0 Å². The minimum atomic E-state index is 0.239. The molecule has 1 aliphatic rings. The summed E-state index contributed by atoms with van der Waals surface area (Å²) in [5, 5.41) is 3.66. The lowest BCUT2D eigenvalue weighted by Gasteiger charge is -2.21. The van der Waals surface area contributed by atoms with Gasteiger partial charge in [0.2, 0.25) is 0 Å². The number of nitrogens with one attached hydrogen (secondary N) is 1. The highest BCUT2D eigenvalue weighted by Crippen LogP contribution is 2.24. The number of hydrogen-bond acceptors (Lipinski definition) is 1. The first kappa shape index (κ1) is 16.3. The average Bonchev–Trinajstić information content (AvgIpc) is 2.47. The van der Waals surface area contributed by atoms with Gasteiger partial charge in [0.05, 0.1) is 0 Å². The molecule has 0 aromatic heterocycles. The van der Waals surface area contributed by atoms with Crippen LogP contribution < -0.4 is 5.32 Å². The summed E-state index contributed by atoms with van der Waals surface area (Å²) in [5.74, 6) is 0. The summed E-state index contributed by atoms with van der Waals surface area (Å²) in [4.78, 5) is 0. The van der Waals surface area contributed by atoms with Crippen LogP contribution in [0, 0.1) is 0 Å². The Balaban J connectivity index is 1.82. The van der Waals surface area contributed by atoms with Gasteiger partial charge in [-0.25, -0.2) is 0 Å². The largest absolute Gasteiger partial charge is 0.310 e. The number of rotatable bonds is 5. The van der Waals surface area contributed by atoms with Crippen molar-refractivity contribution in [3.63, 3.8) is 0 Å². The fourth-order valence-electron chi connectivity index (χ4n) is 2.97. The van der Waals surface area contributed by atoms with E-state index in [9.17, 15) is 0 Å². The van der Waals surface area contributed by atoms with Gasteiger partial charge in [0.25, 0.3) is 0 Å². The van der Waals surface area contributed by atoms with E-state index in [2.05, 4.69) is 63.4 Å². The van der Waals surface area contributed by atoms with Gasteiger partial charge < -0.3 is 5.32 Å². The summed E-state index contributed by atoms with van der Waals surface area (Å²) in [5.41, 5.74) is 4.69. The molecular weight excluding hydrogens is 254 g/mol. The van der Waals surface area contributed by atoms with Crippen molar-refractivity contribution in [3.05, 3.63) is 47.0 Å². The third kappa shape index (κ3) is 5.00. The third-order valence-corrected chi connectivity index (χ3v) is 4.56. The van der Waals surface area contributed by atoms with Gasteiger partial charge in [-0.3, -0.25) is 0 Å².